The summed E-state index contributed by atoms with van der Waals surface area (Å²) < 4.78 is 7.61. The van der Waals surface area contributed by atoms with Gasteiger partial charge in [0.25, 0.3) is 0 Å². The van der Waals surface area contributed by atoms with Crippen LogP contribution in [0.2, 0.25) is 0 Å². The molecule has 0 radical (unpaired) electrons. The number of hydrogen-bond donors (Lipinski definition) is 1. The second-order valence-corrected chi connectivity index (χ2v) is 5.27. The van der Waals surface area contributed by atoms with E-state index in [-0.39, 0.29) is 5.54 Å². The summed E-state index contributed by atoms with van der Waals surface area (Å²) in [4.78, 5) is 0. The average molecular weight is 236 g/mol. The molecule has 2 fully saturated rings. The lowest BCUT2D eigenvalue weighted by Gasteiger charge is -2.33. The Balaban J connectivity index is 1.89. The second-order valence-electron chi connectivity index (χ2n) is 5.27. The Labute approximate surface area is 101 Å². The van der Waals surface area contributed by atoms with Crippen LogP contribution in [0.15, 0.2) is 6.33 Å². The predicted octanol–water partition coefficient (Wildman–Crippen LogP) is 1.36. The fourth-order valence-electron chi connectivity index (χ4n) is 3.01. The first kappa shape index (κ1) is 11.2. The van der Waals surface area contributed by atoms with E-state index in [4.69, 9.17) is 10.5 Å². The summed E-state index contributed by atoms with van der Waals surface area (Å²) >= 11 is 0. The van der Waals surface area contributed by atoms with Gasteiger partial charge >= 0.3 is 0 Å². The van der Waals surface area contributed by atoms with E-state index in [2.05, 4.69) is 14.8 Å². The first-order valence-electron chi connectivity index (χ1n) is 6.56. The lowest BCUT2D eigenvalue weighted by atomic mass is 9.90. The minimum atomic E-state index is -0.336. The van der Waals surface area contributed by atoms with E-state index in [1.165, 1.54) is 25.7 Å². The highest BCUT2D eigenvalue weighted by Gasteiger charge is 2.36. The van der Waals surface area contributed by atoms with E-state index in [0.717, 1.165) is 31.9 Å². The zero-order valence-corrected chi connectivity index (χ0v) is 10.1. The van der Waals surface area contributed by atoms with Gasteiger partial charge in [-0.3, -0.25) is 0 Å². The van der Waals surface area contributed by atoms with Gasteiger partial charge in [-0.1, -0.05) is 12.8 Å². The zero-order chi connectivity index (χ0) is 11.7. The molecule has 2 N–H and O–H groups in total. The highest BCUT2D eigenvalue weighted by atomic mass is 16.5. The summed E-state index contributed by atoms with van der Waals surface area (Å²) in [7, 11) is 0. The molecule has 2 heterocycles. The van der Waals surface area contributed by atoms with Crippen LogP contribution in [0.4, 0.5) is 0 Å². The third kappa shape index (κ3) is 1.98. The van der Waals surface area contributed by atoms with Crippen molar-refractivity contribution in [2.45, 2.75) is 50.1 Å². The molecule has 1 saturated heterocycles. The lowest BCUT2D eigenvalue weighted by Crippen LogP contribution is -2.44. The van der Waals surface area contributed by atoms with Gasteiger partial charge in [0.15, 0.2) is 5.82 Å². The van der Waals surface area contributed by atoms with Gasteiger partial charge in [0.05, 0.1) is 5.54 Å². The molecule has 0 amide bonds. The molecule has 1 aliphatic carbocycles. The molecule has 0 atom stereocenters. The van der Waals surface area contributed by atoms with Gasteiger partial charge in [0.1, 0.15) is 6.33 Å². The second kappa shape index (κ2) is 4.38. The molecule has 3 rings (SSSR count). The van der Waals surface area contributed by atoms with Crippen LogP contribution in [-0.2, 0) is 10.3 Å². The summed E-state index contributed by atoms with van der Waals surface area (Å²) in [6, 6.07) is 0.559. The highest BCUT2D eigenvalue weighted by Crippen LogP contribution is 2.34. The lowest BCUT2D eigenvalue weighted by molar-refractivity contribution is 0.0472. The normalized spacial score (nSPS) is 25.2. The Morgan fingerprint density at radius 3 is 2.71 bits per heavy atom. The maximum absolute atomic E-state index is 6.49. The van der Waals surface area contributed by atoms with Gasteiger partial charge in [-0.05, 0) is 25.7 Å². The SMILES string of the molecule is NC1(c2nncn2C2CCCC2)CCOCC1. The van der Waals surface area contributed by atoms with Crippen LogP contribution in [0.1, 0.15) is 50.4 Å². The molecular weight excluding hydrogens is 216 g/mol. The van der Waals surface area contributed by atoms with E-state index >= 15 is 0 Å². The van der Waals surface area contributed by atoms with Crippen molar-refractivity contribution in [3.63, 3.8) is 0 Å². The number of nitrogens with two attached hydrogens (primary N) is 1. The van der Waals surface area contributed by atoms with Crippen LogP contribution in [0.25, 0.3) is 0 Å². The first-order chi connectivity index (χ1) is 8.30. The molecule has 17 heavy (non-hydrogen) atoms. The highest BCUT2D eigenvalue weighted by molar-refractivity contribution is 5.08. The van der Waals surface area contributed by atoms with Crippen LogP contribution in [0, 0.1) is 0 Å². The van der Waals surface area contributed by atoms with Gasteiger partial charge in [-0.2, -0.15) is 0 Å². The van der Waals surface area contributed by atoms with E-state index in [1.807, 2.05) is 6.33 Å². The largest absolute Gasteiger partial charge is 0.381 e. The molecule has 0 spiro atoms. The smallest absolute Gasteiger partial charge is 0.153 e. The Hall–Kier alpha value is -0.940. The Kier molecular flexibility index (Phi) is 2.88. The molecule has 5 heteroatoms. The van der Waals surface area contributed by atoms with Crippen molar-refractivity contribution in [2.24, 2.45) is 5.73 Å². The van der Waals surface area contributed by atoms with Crippen LogP contribution in [0.5, 0.6) is 0 Å². The first-order valence-corrected chi connectivity index (χ1v) is 6.56. The molecular formula is C12H20N4O. The topological polar surface area (TPSA) is 66.0 Å². The summed E-state index contributed by atoms with van der Waals surface area (Å²) in [5.41, 5.74) is 6.15. The van der Waals surface area contributed by atoms with Gasteiger partial charge in [0, 0.05) is 19.3 Å². The molecule has 1 saturated carbocycles. The summed E-state index contributed by atoms with van der Waals surface area (Å²) in [5.74, 6) is 0.965. The molecule has 1 aliphatic heterocycles. The van der Waals surface area contributed by atoms with Crippen molar-refractivity contribution in [2.75, 3.05) is 13.2 Å². The molecule has 2 aliphatic rings. The molecule has 0 unspecified atom stereocenters. The van der Waals surface area contributed by atoms with Crippen LogP contribution in [-0.4, -0.2) is 28.0 Å². The average Bonchev–Trinajstić information content (AvgIpc) is 3.01. The number of ether oxygens (including phenoxy) is 1. The number of nitrogens with zero attached hydrogens (tertiary/aromatic N) is 3. The monoisotopic (exact) mass is 236 g/mol. The van der Waals surface area contributed by atoms with Gasteiger partial charge < -0.3 is 15.0 Å². The minimum absolute atomic E-state index is 0.336. The van der Waals surface area contributed by atoms with Gasteiger partial charge in [0.2, 0.25) is 0 Å². The molecule has 1 aromatic heterocycles. The van der Waals surface area contributed by atoms with Crippen LogP contribution in [0.3, 0.4) is 0 Å². The molecule has 94 valence electrons. The third-order valence-electron chi connectivity index (χ3n) is 4.12. The maximum atomic E-state index is 6.49. The standard InChI is InChI=1S/C12H20N4O/c13-12(5-7-17-8-6-12)11-15-14-9-16(11)10-3-1-2-4-10/h9-10H,1-8,13H2. The third-order valence-corrected chi connectivity index (χ3v) is 4.12. The Morgan fingerprint density at radius 1 is 1.29 bits per heavy atom. The summed E-state index contributed by atoms with van der Waals surface area (Å²) in [6.07, 6.45) is 8.63. The van der Waals surface area contributed by atoms with E-state index in [1.54, 1.807) is 0 Å². The van der Waals surface area contributed by atoms with Crippen LogP contribution >= 0.6 is 0 Å². The fraction of sp³-hybridized carbons (Fsp3) is 0.833. The van der Waals surface area contributed by atoms with E-state index in [0.29, 0.717) is 6.04 Å². The van der Waals surface area contributed by atoms with Crippen molar-refractivity contribution >= 4 is 0 Å². The van der Waals surface area contributed by atoms with E-state index in [9.17, 15) is 0 Å². The minimum Gasteiger partial charge on any atom is -0.381 e. The molecule has 1 aromatic rings. The zero-order valence-electron chi connectivity index (χ0n) is 10.1. The molecule has 0 bridgehead atoms. The molecule has 5 nitrogen and oxygen atoms in total. The predicted molar refractivity (Wildman–Crippen MR) is 63.4 cm³/mol. The Morgan fingerprint density at radius 2 is 2.00 bits per heavy atom. The number of hydrogen-bond acceptors (Lipinski definition) is 4. The van der Waals surface area contributed by atoms with Crippen molar-refractivity contribution < 1.29 is 4.74 Å². The van der Waals surface area contributed by atoms with Crippen molar-refractivity contribution in [1.82, 2.24) is 14.8 Å². The fourth-order valence-corrected chi connectivity index (χ4v) is 3.01. The van der Waals surface area contributed by atoms with Gasteiger partial charge in [-0.15, -0.1) is 10.2 Å². The summed E-state index contributed by atoms with van der Waals surface area (Å²) in [5, 5.41) is 8.37. The quantitative estimate of drug-likeness (QED) is 0.842. The number of rotatable bonds is 2. The van der Waals surface area contributed by atoms with Crippen LogP contribution < -0.4 is 5.73 Å². The molecule has 0 aromatic carbocycles. The van der Waals surface area contributed by atoms with Gasteiger partial charge in [-0.25, -0.2) is 0 Å². The number of aromatic nitrogens is 3. The van der Waals surface area contributed by atoms with Crippen molar-refractivity contribution in [3.8, 4) is 0 Å². The van der Waals surface area contributed by atoms with Crippen molar-refractivity contribution in [1.29, 1.82) is 0 Å². The Bertz CT molecular complexity index is 378. The van der Waals surface area contributed by atoms with Crippen molar-refractivity contribution in [3.05, 3.63) is 12.2 Å². The summed E-state index contributed by atoms with van der Waals surface area (Å²) in [6.45, 7) is 1.46. The maximum Gasteiger partial charge on any atom is 0.153 e. The van der Waals surface area contributed by atoms with E-state index < -0.39 is 0 Å².